The minimum absolute atomic E-state index is 0.295. The van der Waals surface area contributed by atoms with Crippen LogP contribution in [0.4, 0.5) is 31.9 Å². The van der Waals surface area contributed by atoms with Gasteiger partial charge in [-0.2, -0.15) is 0 Å². The third kappa shape index (κ3) is 4.33. The van der Waals surface area contributed by atoms with Crippen molar-refractivity contribution in [3.63, 3.8) is 0 Å². The van der Waals surface area contributed by atoms with Gasteiger partial charge in [-0.15, -0.1) is 0 Å². The smallest absolute Gasteiger partial charge is 0.323 e. The van der Waals surface area contributed by atoms with Gasteiger partial charge in [-0.1, -0.05) is 24.3 Å². The van der Waals surface area contributed by atoms with Crippen LogP contribution >= 0.6 is 0 Å². The minimum Gasteiger partial charge on any atom is -0.355 e. The molecule has 3 aromatic carbocycles. The second-order valence-electron chi connectivity index (χ2n) is 5.16. The van der Waals surface area contributed by atoms with Crippen molar-refractivity contribution in [2.75, 3.05) is 16.0 Å². The predicted molar refractivity (Wildman–Crippen MR) is 95.2 cm³/mol. The van der Waals surface area contributed by atoms with Gasteiger partial charge >= 0.3 is 6.03 Å². The molecular weight excluding hydrogens is 305 g/mol. The minimum atomic E-state index is -0.313. The molecule has 0 heterocycles. The molecule has 0 saturated carbocycles. The summed E-state index contributed by atoms with van der Waals surface area (Å²) in [5.74, 6) is -0.295. The van der Waals surface area contributed by atoms with Crippen LogP contribution in [-0.4, -0.2) is 6.03 Å². The molecule has 24 heavy (non-hydrogen) atoms. The molecule has 0 saturated heterocycles. The second-order valence-corrected chi connectivity index (χ2v) is 5.16. The van der Waals surface area contributed by atoms with E-state index in [-0.39, 0.29) is 11.8 Å². The molecule has 0 aliphatic rings. The number of para-hydroxylation sites is 1. The fraction of sp³-hybridized carbons (Fsp3) is 0. The van der Waals surface area contributed by atoms with Crippen LogP contribution in [-0.2, 0) is 0 Å². The topological polar surface area (TPSA) is 53.2 Å². The molecule has 3 aromatic rings. The molecule has 3 N–H and O–H groups in total. The summed E-state index contributed by atoms with van der Waals surface area (Å²) in [5.41, 5.74) is 2.85. The van der Waals surface area contributed by atoms with Gasteiger partial charge in [0.2, 0.25) is 0 Å². The highest BCUT2D eigenvalue weighted by molar-refractivity contribution is 5.99. The van der Waals surface area contributed by atoms with Gasteiger partial charge in [-0.25, -0.2) is 9.18 Å². The van der Waals surface area contributed by atoms with Gasteiger partial charge in [0.05, 0.1) is 0 Å². The highest BCUT2D eigenvalue weighted by Crippen LogP contribution is 2.19. The van der Waals surface area contributed by atoms with Crippen LogP contribution < -0.4 is 16.0 Å². The molecule has 0 radical (unpaired) electrons. The molecule has 0 unspecified atom stereocenters. The SMILES string of the molecule is O=C(Nc1ccccc1)Nc1ccc(Nc2cccc(F)c2)cc1. The van der Waals surface area contributed by atoms with E-state index in [1.54, 1.807) is 24.3 Å². The van der Waals surface area contributed by atoms with Crippen LogP contribution in [0.3, 0.4) is 0 Å². The zero-order valence-corrected chi connectivity index (χ0v) is 12.8. The molecule has 2 amide bonds. The van der Waals surface area contributed by atoms with Crippen molar-refractivity contribution in [3.8, 4) is 0 Å². The molecule has 3 rings (SSSR count). The maximum Gasteiger partial charge on any atom is 0.323 e. The van der Waals surface area contributed by atoms with Crippen LogP contribution in [0.2, 0.25) is 0 Å². The molecule has 120 valence electrons. The first kappa shape index (κ1) is 15.6. The number of benzene rings is 3. The average Bonchev–Trinajstić information content (AvgIpc) is 2.57. The maximum absolute atomic E-state index is 13.2. The second kappa shape index (κ2) is 7.28. The van der Waals surface area contributed by atoms with Crippen molar-refractivity contribution in [1.29, 1.82) is 0 Å². The Morgan fingerprint density at radius 1 is 0.667 bits per heavy atom. The van der Waals surface area contributed by atoms with E-state index < -0.39 is 0 Å². The third-order valence-corrected chi connectivity index (χ3v) is 3.29. The van der Waals surface area contributed by atoms with Gasteiger partial charge in [-0.05, 0) is 54.6 Å². The monoisotopic (exact) mass is 321 g/mol. The van der Waals surface area contributed by atoms with Crippen molar-refractivity contribution in [2.24, 2.45) is 0 Å². The van der Waals surface area contributed by atoms with Gasteiger partial charge in [-0.3, -0.25) is 0 Å². The van der Waals surface area contributed by atoms with Crippen LogP contribution in [0.15, 0.2) is 78.9 Å². The lowest BCUT2D eigenvalue weighted by Gasteiger charge is -2.10. The summed E-state index contributed by atoms with van der Waals surface area (Å²) in [6, 6.07) is 22.3. The Kier molecular flexibility index (Phi) is 4.72. The van der Waals surface area contributed by atoms with E-state index in [4.69, 9.17) is 0 Å². The number of rotatable bonds is 4. The van der Waals surface area contributed by atoms with Gasteiger partial charge in [0.25, 0.3) is 0 Å². The summed E-state index contributed by atoms with van der Waals surface area (Å²) < 4.78 is 13.2. The lowest BCUT2D eigenvalue weighted by Crippen LogP contribution is -2.19. The van der Waals surface area contributed by atoms with E-state index in [0.717, 1.165) is 11.4 Å². The summed E-state index contributed by atoms with van der Waals surface area (Å²) in [6.45, 7) is 0. The largest absolute Gasteiger partial charge is 0.355 e. The van der Waals surface area contributed by atoms with Crippen LogP contribution in [0, 0.1) is 5.82 Å². The number of halogens is 1. The van der Waals surface area contributed by atoms with Crippen molar-refractivity contribution >= 4 is 28.8 Å². The number of anilines is 4. The number of amides is 2. The summed E-state index contributed by atoms with van der Waals surface area (Å²) in [4.78, 5) is 11.9. The number of nitrogens with one attached hydrogen (secondary N) is 3. The Balaban J connectivity index is 1.59. The van der Waals surface area contributed by atoms with E-state index in [1.807, 2.05) is 42.5 Å². The number of urea groups is 1. The lowest BCUT2D eigenvalue weighted by molar-refractivity contribution is 0.262. The van der Waals surface area contributed by atoms with E-state index in [0.29, 0.717) is 11.4 Å². The highest BCUT2D eigenvalue weighted by atomic mass is 19.1. The fourth-order valence-corrected chi connectivity index (χ4v) is 2.18. The Bertz CT molecular complexity index is 820. The number of carbonyl (C=O) groups excluding carboxylic acids is 1. The standard InChI is InChI=1S/C19H16FN3O/c20-14-5-4-8-18(13-14)21-16-9-11-17(12-10-16)23-19(24)22-15-6-2-1-3-7-15/h1-13,21H,(H2,22,23,24). The van der Waals surface area contributed by atoms with Gasteiger partial charge in [0, 0.05) is 22.7 Å². The first-order valence-corrected chi connectivity index (χ1v) is 7.45. The average molecular weight is 321 g/mol. The summed E-state index contributed by atoms with van der Waals surface area (Å²) in [7, 11) is 0. The first-order valence-electron chi connectivity index (χ1n) is 7.45. The maximum atomic E-state index is 13.2. The normalized spacial score (nSPS) is 10.0. The molecular formula is C19H16FN3O. The molecule has 0 aliphatic carbocycles. The van der Waals surface area contributed by atoms with Gasteiger partial charge in [0.1, 0.15) is 5.82 Å². The number of carbonyl (C=O) groups is 1. The van der Waals surface area contributed by atoms with E-state index in [2.05, 4.69) is 16.0 Å². The van der Waals surface area contributed by atoms with Crippen molar-refractivity contribution < 1.29 is 9.18 Å². The molecule has 0 aliphatic heterocycles. The van der Waals surface area contributed by atoms with E-state index >= 15 is 0 Å². The molecule has 0 atom stereocenters. The zero-order valence-electron chi connectivity index (χ0n) is 12.8. The molecule has 0 bridgehead atoms. The van der Waals surface area contributed by atoms with Crippen LogP contribution in [0.25, 0.3) is 0 Å². The summed E-state index contributed by atoms with van der Waals surface area (Å²) in [5, 5.41) is 8.59. The van der Waals surface area contributed by atoms with Crippen molar-refractivity contribution in [2.45, 2.75) is 0 Å². The highest BCUT2D eigenvalue weighted by Gasteiger charge is 2.03. The Hall–Kier alpha value is -3.34. The van der Waals surface area contributed by atoms with E-state index in [9.17, 15) is 9.18 Å². The van der Waals surface area contributed by atoms with Gasteiger partial charge in [0.15, 0.2) is 0 Å². The van der Waals surface area contributed by atoms with Gasteiger partial charge < -0.3 is 16.0 Å². The van der Waals surface area contributed by atoms with Crippen molar-refractivity contribution in [1.82, 2.24) is 0 Å². The van der Waals surface area contributed by atoms with E-state index in [1.165, 1.54) is 12.1 Å². The number of hydrogen-bond donors (Lipinski definition) is 3. The first-order chi connectivity index (χ1) is 11.7. The molecule has 4 nitrogen and oxygen atoms in total. The summed E-state index contributed by atoms with van der Waals surface area (Å²) >= 11 is 0. The lowest BCUT2D eigenvalue weighted by atomic mass is 10.2. The Labute approximate surface area is 139 Å². The molecule has 5 heteroatoms. The zero-order chi connectivity index (χ0) is 16.8. The van der Waals surface area contributed by atoms with Crippen LogP contribution in [0.1, 0.15) is 0 Å². The third-order valence-electron chi connectivity index (χ3n) is 3.29. The Morgan fingerprint density at radius 2 is 1.25 bits per heavy atom. The van der Waals surface area contributed by atoms with Crippen molar-refractivity contribution in [3.05, 3.63) is 84.7 Å². The quantitative estimate of drug-likeness (QED) is 0.617. The Morgan fingerprint density at radius 3 is 1.92 bits per heavy atom. The molecule has 0 fully saturated rings. The summed E-state index contributed by atoms with van der Waals surface area (Å²) in [6.07, 6.45) is 0. The predicted octanol–water partition coefficient (Wildman–Crippen LogP) is 5.21. The molecule has 0 aromatic heterocycles. The fourth-order valence-electron chi connectivity index (χ4n) is 2.18. The molecule has 0 spiro atoms. The van der Waals surface area contributed by atoms with Crippen LogP contribution in [0.5, 0.6) is 0 Å². The number of hydrogen-bond acceptors (Lipinski definition) is 2.